The zero-order valence-electron chi connectivity index (χ0n) is 12.1. The lowest BCUT2D eigenvalue weighted by atomic mass is 9.90. The molecule has 0 saturated carbocycles. The summed E-state index contributed by atoms with van der Waals surface area (Å²) in [7, 11) is 1.68. The van der Waals surface area contributed by atoms with Gasteiger partial charge in [-0.05, 0) is 34.0 Å². The fourth-order valence-corrected chi connectivity index (χ4v) is 3.59. The molecular weight excluding hydrogens is 350 g/mol. The van der Waals surface area contributed by atoms with Crippen LogP contribution in [0.4, 0.5) is 0 Å². The molecule has 0 aliphatic rings. The molecule has 0 aliphatic heterocycles. The van der Waals surface area contributed by atoms with Gasteiger partial charge in [-0.15, -0.1) is 11.3 Å². The fraction of sp³-hybridized carbons (Fsp3) is 0.312. The molecular formula is C16H18BrNO2S. The lowest BCUT2D eigenvalue weighted by Gasteiger charge is -2.32. The number of ether oxygens (including phenoxy) is 1. The minimum Gasteiger partial charge on any atom is -0.372 e. The van der Waals surface area contributed by atoms with Gasteiger partial charge in [0.05, 0.1) is 11.4 Å². The van der Waals surface area contributed by atoms with Crippen molar-refractivity contribution in [3.05, 3.63) is 56.7 Å². The maximum atomic E-state index is 12.2. The number of carbonyl (C=O) groups is 1. The summed E-state index contributed by atoms with van der Waals surface area (Å²) in [6.07, 6.45) is 0.780. The number of hydrogen-bond acceptors (Lipinski definition) is 3. The number of benzene rings is 1. The molecule has 0 radical (unpaired) electrons. The molecule has 3 nitrogen and oxygen atoms in total. The summed E-state index contributed by atoms with van der Waals surface area (Å²) in [5.41, 5.74) is 0.577. The van der Waals surface area contributed by atoms with Crippen molar-refractivity contribution in [2.24, 2.45) is 0 Å². The third-order valence-corrected chi connectivity index (χ3v) is 5.28. The average Bonchev–Trinajstić information content (AvgIpc) is 2.96. The Bertz CT molecular complexity index is 593. The molecule has 1 unspecified atom stereocenters. The van der Waals surface area contributed by atoms with E-state index in [-0.39, 0.29) is 5.91 Å². The highest BCUT2D eigenvalue weighted by molar-refractivity contribution is 9.10. The normalized spacial score (nSPS) is 13.7. The van der Waals surface area contributed by atoms with Crippen LogP contribution in [0, 0.1) is 0 Å². The van der Waals surface area contributed by atoms with Gasteiger partial charge in [0.1, 0.15) is 5.60 Å². The van der Waals surface area contributed by atoms with E-state index in [4.69, 9.17) is 4.74 Å². The molecule has 21 heavy (non-hydrogen) atoms. The van der Waals surface area contributed by atoms with Crippen LogP contribution in [0.5, 0.6) is 0 Å². The SMILES string of the molecule is CCC(CNC(=O)c1cc(Br)cs1)(OC)c1ccccc1. The van der Waals surface area contributed by atoms with E-state index in [0.29, 0.717) is 11.4 Å². The molecule has 1 atom stereocenters. The first-order chi connectivity index (χ1) is 10.1. The molecule has 0 saturated heterocycles. The van der Waals surface area contributed by atoms with Crippen molar-refractivity contribution in [2.75, 3.05) is 13.7 Å². The van der Waals surface area contributed by atoms with E-state index in [1.807, 2.05) is 41.8 Å². The Morgan fingerprint density at radius 1 is 1.38 bits per heavy atom. The molecule has 1 aromatic carbocycles. The van der Waals surface area contributed by atoms with Gasteiger partial charge in [-0.1, -0.05) is 37.3 Å². The van der Waals surface area contributed by atoms with Gasteiger partial charge in [0, 0.05) is 17.0 Å². The van der Waals surface area contributed by atoms with E-state index >= 15 is 0 Å². The van der Waals surface area contributed by atoms with E-state index in [1.54, 1.807) is 7.11 Å². The van der Waals surface area contributed by atoms with Gasteiger partial charge in [-0.25, -0.2) is 0 Å². The number of nitrogens with one attached hydrogen (secondary N) is 1. The maximum Gasteiger partial charge on any atom is 0.261 e. The number of rotatable bonds is 6. The smallest absolute Gasteiger partial charge is 0.261 e. The first-order valence-corrected chi connectivity index (χ1v) is 8.41. The molecule has 1 amide bonds. The molecule has 1 aromatic heterocycles. The van der Waals surface area contributed by atoms with E-state index in [1.165, 1.54) is 11.3 Å². The summed E-state index contributed by atoms with van der Waals surface area (Å²) in [5, 5.41) is 4.88. The standard InChI is InChI=1S/C16H18BrNO2S/c1-3-16(20-2,12-7-5-4-6-8-12)11-18-15(19)14-9-13(17)10-21-14/h4-10H,3,11H2,1-2H3,(H,18,19). The second kappa shape index (κ2) is 7.20. The van der Waals surface area contributed by atoms with Crippen LogP contribution in [0.3, 0.4) is 0 Å². The Hall–Kier alpha value is -1.17. The van der Waals surface area contributed by atoms with Crippen LogP contribution in [0.2, 0.25) is 0 Å². The lowest BCUT2D eigenvalue weighted by molar-refractivity contribution is -0.0164. The van der Waals surface area contributed by atoms with Crippen molar-refractivity contribution >= 4 is 33.2 Å². The third-order valence-electron chi connectivity index (χ3n) is 3.59. The number of hydrogen-bond donors (Lipinski definition) is 1. The first kappa shape index (κ1) is 16.2. The highest BCUT2D eigenvalue weighted by atomic mass is 79.9. The largest absolute Gasteiger partial charge is 0.372 e. The zero-order valence-corrected chi connectivity index (χ0v) is 14.5. The van der Waals surface area contributed by atoms with Gasteiger partial charge in [-0.2, -0.15) is 0 Å². The Balaban J connectivity index is 2.12. The summed E-state index contributed by atoms with van der Waals surface area (Å²) in [6, 6.07) is 11.8. The minimum atomic E-state index is -0.495. The summed E-state index contributed by atoms with van der Waals surface area (Å²) in [6.45, 7) is 2.50. The Morgan fingerprint density at radius 2 is 2.10 bits per heavy atom. The van der Waals surface area contributed by atoms with Crippen LogP contribution >= 0.6 is 27.3 Å². The highest BCUT2D eigenvalue weighted by Crippen LogP contribution is 2.28. The molecule has 112 valence electrons. The Labute approximate surface area is 137 Å². The van der Waals surface area contributed by atoms with Crippen molar-refractivity contribution in [3.8, 4) is 0 Å². The van der Waals surface area contributed by atoms with E-state index in [2.05, 4.69) is 28.2 Å². The number of carbonyl (C=O) groups excluding carboxylic acids is 1. The van der Waals surface area contributed by atoms with E-state index in [0.717, 1.165) is 16.5 Å². The third kappa shape index (κ3) is 3.73. The fourth-order valence-electron chi connectivity index (χ4n) is 2.25. The van der Waals surface area contributed by atoms with Crippen LogP contribution in [-0.4, -0.2) is 19.6 Å². The van der Waals surface area contributed by atoms with Crippen molar-refractivity contribution in [2.45, 2.75) is 18.9 Å². The second-order valence-corrected chi connectivity index (χ2v) is 6.56. The zero-order chi connectivity index (χ0) is 15.3. The Kier molecular flexibility index (Phi) is 5.56. The van der Waals surface area contributed by atoms with Crippen molar-refractivity contribution in [3.63, 3.8) is 0 Å². The first-order valence-electron chi connectivity index (χ1n) is 6.74. The second-order valence-electron chi connectivity index (χ2n) is 4.73. The molecule has 2 aromatic rings. The van der Waals surface area contributed by atoms with Crippen molar-refractivity contribution in [1.29, 1.82) is 0 Å². The van der Waals surface area contributed by atoms with E-state index < -0.39 is 5.60 Å². The van der Waals surface area contributed by atoms with Gasteiger partial charge < -0.3 is 10.1 Å². The summed E-state index contributed by atoms with van der Waals surface area (Å²) < 4.78 is 6.67. The van der Waals surface area contributed by atoms with Gasteiger partial charge in [0.2, 0.25) is 0 Å². The number of methoxy groups -OCH3 is 1. The topological polar surface area (TPSA) is 38.3 Å². The van der Waals surface area contributed by atoms with Gasteiger partial charge >= 0.3 is 0 Å². The van der Waals surface area contributed by atoms with Gasteiger partial charge in [-0.3, -0.25) is 4.79 Å². The average molecular weight is 368 g/mol. The molecule has 2 rings (SSSR count). The molecule has 0 spiro atoms. The molecule has 0 fully saturated rings. The molecule has 0 aliphatic carbocycles. The van der Waals surface area contributed by atoms with Crippen LogP contribution in [-0.2, 0) is 10.3 Å². The van der Waals surface area contributed by atoms with Gasteiger partial charge in [0.15, 0.2) is 0 Å². The number of halogens is 1. The minimum absolute atomic E-state index is 0.0727. The summed E-state index contributed by atoms with van der Waals surface area (Å²) in [5.74, 6) is -0.0727. The quantitative estimate of drug-likeness (QED) is 0.830. The molecule has 0 bridgehead atoms. The van der Waals surface area contributed by atoms with Crippen LogP contribution in [0.15, 0.2) is 46.3 Å². The Morgan fingerprint density at radius 3 is 2.62 bits per heavy atom. The maximum absolute atomic E-state index is 12.2. The highest BCUT2D eigenvalue weighted by Gasteiger charge is 2.30. The van der Waals surface area contributed by atoms with Crippen LogP contribution < -0.4 is 5.32 Å². The molecule has 1 N–H and O–H groups in total. The summed E-state index contributed by atoms with van der Waals surface area (Å²) >= 11 is 4.78. The van der Waals surface area contributed by atoms with Crippen LogP contribution in [0.1, 0.15) is 28.6 Å². The predicted octanol–water partition coefficient (Wildman–Crippen LogP) is 4.19. The monoisotopic (exact) mass is 367 g/mol. The molecule has 5 heteroatoms. The molecule has 1 heterocycles. The van der Waals surface area contributed by atoms with E-state index in [9.17, 15) is 4.79 Å². The predicted molar refractivity (Wildman–Crippen MR) is 89.8 cm³/mol. The van der Waals surface area contributed by atoms with Crippen molar-refractivity contribution < 1.29 is 9.53 Å². The number of thiophene rings is 1. The lowest BCUT2D eigenvalue weighted by Crippen LogP contribution is -2.41. The number of amides is 1. The van der Waals surface area contributed by atoms with Gasteiger partial charge in [0.25, 0.3) is 5.91 Å². The van der Waals surface area contributed by atoms with Crippen molar-refractivity contribution in [1.82, 2.24) is 5.32 Å². The van der Waals surface area contributed by atoms with Crippen LogP contribution in [0.25, 0.3) is 0 Å². The summed E-state index contributed by atoms with van der Waals surface area (Å²) in [4.78, 5) is 12.9.